The number of aryl methyl sites for hydroxylation is 1. The van der Waals surface area contributed by atoms with Crippen LogP contribution in [-0.4, -0.2) is 45.2 Å². The molecule has 0 unspecified atom stereocenters. The van der Waals surface area contributed by atoms with Gasteiger partial charge in [-0.25, -0.2) is 9.48 Å². The maximum absolute atomic E-state index is 13.1. The summed E-state index contributed by atoms with van der Waals surface area (Å²) < 4.78 is 6.61. The summed E-state index contributed by atoms with van der Waals surface area (Å²) in [5.41, 5.74) is -0.344. The number of hydrogen-bond acceptors (Lipinski definition) is 5. The first kappa shape index (κ1) is 19.9. The minimum atomic E-state index is -0.515. The van der Waals surface area contributed by atoms with Gasteiger partial charge in [0.15, 0.2) is 5.78 Å². The summed E-state index contributed by atoms with van der Waals surface area (Å²) in [6.45, 7) is 6.77. The fourth-order valence-corrected chi connectivity index (χ4v) is 4.63. The molecule has 29 heavy (non-hydrogen) atoms. The van der Waals surface area contributed by atoms with Crippen LogP contribution in [0.3, 0.4) is 0 Å². The largest absolute Gasteiger partial charge is 0.444 e. The van der Waals surface area contributed by atoms with Crippen LogP contribution in [0.5, 0.6) is 0 Å². The van der Waals surface area contributed by atoms with Crippen LogP contribution >= 0.6 is 11.6 Å². The topological polar surface area (TPSA) is 81.5 Å². The molecule has 0 N–H and O–H groups in total. The van der Waals surface area contributed by atoms with Crippen LogP contribution in [0, 0.1) is 11.3 Å². The van der Waals surface area contributed by atoms with E-state index >= 15 is 0 Å². The fourth-order valence-electron chi connectivity index (χ4n) is 4.39. The van der Waals surface area contributed by atoms with Gasteiger partial charge < -0.3 is 9.64 Å². The van der Waals surface area contributed by atoms with Gasteiger partial charge in [-0.1, -0.05) is 11.6 Å². The zero-order valence-corrected chi connectivity index (χ0v) is 17.7. The Kier molecular flexibility index (Phi) is 4.49. The van der Waals surface area contributed by atoms with Crippen LogP contribution in [0.2, 0.25) is 5.02 Å². The number of fused-ring (bicyclic) bond motifs is 1. The predicted molar refractivity (Wildman–Crippen MR) is 109 cm³/mol. The van der Waals surface area contributed by atoms with Gasteiger partial charge in [-0.2, -0.15) is 5.10 Å². The zero-order chi connectivity index (χ0) is 21.1. The number of carbonyl (C=O) groups excluding carboxylic acids is 2. The molecule has 2 aromatic rings. The van der Waals surface area contributed by atoms with Crippen LogP contribution in [0.1, 0.15) is 44.0 Å². The summed E-state index contributed by atoms with van der Waals surface area (Å²) in [6, 6.07) is 3.27. The molecule has 2 heterocycles. The van der Waals surface area contributed by atoms with E-state index in [0.29, 0.717) is 34.4 Å². The number of aromatic nitrogens is 2. The number of carbonyl (C=O) groups is 2. The number of ketones is 1. The lowest BCUT2D eigenvalue weighted by molar-refractivity contribution is -0.0864. The molecule has 1 saturated carbocycles. The van der Waals surface area contributed by atoms with Gasteiger partial charge >= 0.3 is 6.09 Å². The summed E-state index contributed by atoms with van der Waals surface area (Å²) in [5.74, 6) is -0.118. The lowest BCUT2D eigenvalue weighted by Gasteiger charge is -2.58. The number of ether oxygens (including phenoxy) is 1. The van der Waals surface area contributed by atoms with Gasteiger partial charge in [0.05, 0.1) is 16.6 Å². The Balaban J connectivity index is 1.46. The van der Waals surface area contributed by atoms with Crippen molar-refractivity contribution in [1.29, 1.82) is 0 Å². The van der Waals surface area contributed by atoms with Crippen molar-refractivity contribution in [2.45, 2.75) is 39.2 Å². The highest BCUT2D eigenvalue weighted by molar-refractivity contribution is 6.36. The highest BCUT2D eigenvalue weighted by atomic mass is 35.5. The minimum absolute atomic E-state index is 0.00284. The molecule has 2 fully saturated rings. The lowest BCUT2D eigenvalue weighted by atomic mass is 9.56. The Morgan fingerprint density at radius 3 is 2.52 bits per heavy atom. The third-order valence-corrected chi connectivity index (χ3v) is 6.08. The monoisotopic (exact) mass is 417 g/mol. The Bertz CT molecular complexity index is 1070. The number of halogens is 1. The Morgan fingerprint density at radius 2 is 1.90 bits per heavy atom. The van der Waals surface area contributed by atoms with E-state index in [9.17, 15) is 14.4 Å². The summed E-state index contributed by atoms with van der Waals surface area (Å²) in [6.07, 6.45) is 2.68. The first-order chi connectivity index (χ1) is 13.5. The van der Waals surface area contributed by atoms with Crippen molar-refractivity contribution in [2.75, 3.05) is 13.1 Å². The average molecular weight is 418 g/mol. The minimum Gasteiger partial charge on any atom is -0.444 e. The summed E-state index contributed by atoms with van der Waals surface area (Å²) in [5, 5.41) is 5.18. The highest BCUT2D eigenvalue weighted by Gasteiger charge is 2.56. The van der Waals surface area contributed by atoms with Crippen molar-refractivity contribution in [3.8, 4) is 0 Å². The zero-order valence-electron chi connectivity index (χ0n) is 17.0. The molecular formula is C21H24ClN3O4. The molecule has 1 aliphatic carbocycles. The molecule has 1 spiro atoms. The van der Waals surface area contributed by atoms with Crippen LogP contribution in [0.4, 0.5) is 4.79 Å². The molecule has 1 aromatic carbocycles. The Hall–Kier alpha value is -2.41. The molecule has 4 rings (SSSR count). The maximum atomic E-state index is 13.1. The van der Waals surface area contributed by atoms with E-state index in [-0.39, 0.29) is 28.8 Å². The standard InChI is InChI=1S/C21H24ClN3O4/c1-20(2,3)29-19(28)25-10-21(11-25)7-12(8-21)17(26)13-5-6-15(22)16-14(13)9-23-24(4)18(16)27/h5-6,9,12H,7-8,10-11H2,1-4H3. The van der Waals surface area contributed by atoms with Crippen molar-refractivity contribution < 1.29 is 14.3 Å². The number of benzene rings is 1. The third kappa shape index (κ3) is 3.41. The van der Waals surface area contributed by atoms with E-state index in [1.165, 1.54) is 10.9 Å². The molecular weight excluding hydrogens is 394 g/mol. The van der Waals surface area contributed by atoms with Gasteiger partial charge in [-0.3, -0.25) is 9.59 Å². The second-order valence-corrected chi connectivity index (χ2v) is 9.67. The number of likely N-dealkylation sites (tertiary alicyclic amines) is 1. The number of amides is 1. The number of nitrogens with zero attached hydrogens (tertiary/aromatic N) is 3. The maximum Gasteiger partial charge on any atom is 0.410 e. The van der Waals surface area contributed by atoms with Crippen LogP contribution in [0.25, 0.3) is 10.8 Å². The second-order valence-electron chi connectivity index (χ2n) is 9.26. The van der Waals surface area contributed by atoms with Crippen molar-refractivity contribution in [2.24, 2.45) is 18.4 Å². The third-order valence-electron chi connectivity index (χ3n) is 5.76. The molecule has 0 radical (unpaired) electrons. The van der Waals surface area contributed by atoms with Gasteiger partial charge in [-0.15, -0.1) is 0 Å². The number of rotatable bonds is 2. The van der Waals surface area contributed by atoms with Gasteiger partial charge in [0, 0.05) is 42.4 Å². The normalized spacial score (nSPS) is 18.4. The van der Waals surface area contributed by atoms with E-state index in [1.54, 1.807) is 24.1 Å². The molecule has 1 aromatic heterocycles. The number of Topliss-reactive ketones (excluding diaryl/α,β-unsaturated/α-hetero) is 1. The van der Waals surface area contributed by atoms with E-state index in [1.807, 2.05) is 20.8 Å². The van der Waals surface area contributed by atoms with Crippen LogP contribution in [-0.2, 0) is 11.8 Å². The fraction of sp³-hybridized carbons (Fsp3) is 0.524. The molecule has 1 aliphatic heterocycles. The van der Waals surface area contributed by atoms with Crippen molar-refractivity contribution >= 4 is 34.2 Å². The predicted octanol–water partition coefficient (Wildman–Crippen LogP) is 3.42. The quantitative estimate of drug-likeness (QED) is 0.699. The lowest BCUT2D eigenvalue weighted by Crippen LogP contribution is -2.65. The van der Waals surface area contributed by atoms with Crippen molar-refractivity contribution in [1.82, 2.24) is 14.7 Å². The van der Waals surface area contributed by atoms with Crippen molar-refractivity contribution in [3.05, 3.63) is 39.3 Å². The van der Waals surface area contributed by atoms with Gasteiger partial charge in [0.2, 0.25) is 0 Å². The molecule has 2 aliphatic rings. The molecule has 154 valence electrons. The van der Waals surface area contributed by atoms with Crippen molar-refractivity contribution in [3.63, 3.8) is 0 Å². The molecule has 0 bridgehead atoms. The van der Waals surface area contributed by atoms with Crippen LogP contribution in [0.15, 0.2) is 23.1 Å². The first-order valence-corrected chi connectivity index (χ1v) is 10.0. The molecule has 0 atom stereocenters. The molecule has 1 saturated heterocycles. The van der Waals surface area contributed by atoms with E-state index < -0.39 is 5.60 Å². The van der Waals surface area contributed by atoms with E-state index in [4.69, 9.17) is 16.3 Å². The molecule has 8 heteroatoms. The van der Waals surface area contributed by atoms with Gasteiger partial charge in [0.25, 0.3) is 5.56 Å². The average Bonchev–Trinajstić information content (AvgIpc) is 2.54. The van der Waals surface area contributed by atoms with Crippen LogP contribution < -0.4 is 5.56 Å². The first-order valence-electron chi connectivity index (χ1n) is 9.66. The second kappa shape index (κ2) is 6.55. The molecule has 7 nitrogen and oxygen atoms in total. The summed E-state index contributed by atoms with van der Waals surface area (Å²) in [7, 11) is 1.55. The SMILES string of the molecule is Cn1ncc2c(C(=O)C3CC4(C3)CN(C(=O)OC(C)(C)C)C4)ccc(Cl)c2c1=O. The van der Waals surface area contributed by atoms with Gasteiger partial charge in [-0.05, 0) is 45.7 Å². The smallest absolute Gasteiger partial charge is 0.410 e. The highest BCUT2D eigenvalue weighted by Crippen LogP contribution is 2.53. The number of hydrogen-bond donors (Lipinski definition) is 0. The Labute approximate surface area is 173 Å². The molecule has 1 amide bonds. The Morgan fingerprint density at radius 1 is 1.24 bits per heavy atom. The van der Waals surface area contributed by atoms with Gasteiger partial charge in [0.1, 0.15) is 5.60 Å². The van der Waals surface area contributed by atoms with E-state index in [2.05, 4.69) is 5.10 Å². The summed E-state index contributed by atoms with van der Waals surface area (Å²) >= 11 is 6.20. The van der Waals surface area contributed by atoms with E-state index in [0.717, 1.165) is 12.8 Å². The summed E-state index contributed by atoms with van der Waals surface area (Å²) in [4.78, 5) is 39.3.